The van der Waals surface area contributed by atoms with Crippen LogP contribution in [-0.4, -0.2) is 40.5 Å². The number of aliphatic carboxylic acids is 1. The number of aromatic nitrogens is 1. The van der Waals surface area contributed by atoms with E-state index in [2.05, 4.69) is 10.6 Å². The Kier molecular flexibility index (Phi) is 6.62. The van der Waals surface area contributed by atoms with Gasteiger partial charge in [-0.1, -0.05) is 51.1 Å². The summed E-state index contributed by atoms with van der Waals surface area (Å²) >= 11 is 0. The lowest BCUT2D eigenvalue weighted by molar-refractivity contribution is -0.143. The van der Waals surface area contributed by atoms with Gasteiger partial charge in [-0.2, -0.15) is 0 Å². The van der Waals surface area contributed by atoms with E-state index in [0.717, 1.165) is 11.1 Å². The molecule has 28 heavy (non-hydrogen) atoms. The van der Waals surface area contributed by atoms with E-state index in [0.29, 0.717) is 0 Å². The van der Waals surface area contributed by atoms with Gasteiger partial charge in [-0.25, -0.2) is 4.79 Å². The average Bonchev–Trinajstić information content (AvgIpc) is 3.13. The Balaban J connectivity index is 2.17. The number of nitrogens with zero attached hydrogens (tertiary/aromatic N) is 1. The third-order valence-corrected chi connectivity index (χ3v) is 4.53. The van der Waals surface area contributed by atoms with Crippen molar-refractivity contribution in [3.8, 4) is 11.1 Å². The van der Waals surface area contributed by atoms with Crippen LogP contribution in [0.5, 0.6) is 0 Å². The third kappa shape index (κ3) is 5.22. The molecule has 150 valence electrons. The first-order valence-electron chi connectivity index (χ1n) is 9.10. The van der Waals surface area contributed by atoms with E-state index < -0.39 is 29.4 Å². The van der Waals surface area contributed by atoms with E-state index in [1.807, 2.05) is 57.2 Å². The van der Waals surface area contributed by atoms with E-state index in [4.69, 9.17) is 0 Å². The summed E-state index contributed by atoms with van der Waals surface area (Å²) in [5.74, 6) is -1.93. The molecule has 1 aromatic carbocycles. The molecule has 0 aliphatic heterocycles. The normalized spacial score (nSPS) is 13.4. The van der Waals surface area contributed by atoms with Crippen molar-refractivity contribution in [2.75, 3.05) is 7.05 Å². The summed E-state index contributed by atoms with van der Waals surface area (Å²) in [6, 6.07) is 9.56. The van der Waals surface area contributed by atoms with Crippen molar-refractivity contribution in [3.63, 3.8) is 0 Å². The van der Waals surface area contributed by atoms with Crippen LogP contribution in [0.1, 0.15) is 33.2 Å². The number of hydrogen-bond donors (Lipinski definition) is 3. The Labute approximate surface area is 164 Å². The molecule has 0 unspecified atom stereocenters. The van der Waals surface area contributed by atoms with Crippen LogP contribution in [0.3, 0.4) is 0 Å². The highest BCUT2D eigenvalue weighted by Gasteiger charge is 2.33. The Morgan fingerprint density at radius 2 is 1.71 bits per heavy atom. The van der Waals surface area contributed by atoms with Gasteiger partial charge in [0.25, 0.3) is 0 Å². The number of hydrogen-bond acceptors (Lipinski definition) is 3. The maximum atomic E-state index is 12.5. The number of benzene rings is 1. The van der Waals surface area contributed by atoms with Crippen LogP contribution < -0.4 is 10.6 Å². The van der Waals surface area contributed by atoms with Gasteiger partial charge in [-0.05, 0) is 22.6 Å². The van der Waals surface area contributed by atoms with Gasteiger partial charge in [0.2, 0.25) is 11.8 Å². The van der Waals surface area contributed by atoms with Crippen LogP contribution in [0, 0.1) is 5.41 Å². The highest BCUT2D eigenvalue weighted by molar-refractivity contribution is 5.90. The summed E-state index contributed by atoms with van der Waals surface area (Å²) in [6.45, 7) is 5.50. The van der Waals surface area contributed by atoms with Crippen LogP contribution in [-0.2, 0) is 14.4 Å². The van der Waals surface area contributed by atoms with E-state index in [-0.39, 0.29) is 12.3 Å². The molecule has 0 fully saturated rings. The van der Waals surface area contributed by atoms with Gasteiger partial charge < -0.3 is 20.3 Å². The van der Waals surface area contributed by atoms with Gasteiger partial charge in [0.15, 0.2) is 0 Å². The van der Waals surface area contributed by atoms with Gasteiger partial charge in [0.1, 0.15) is 12.1 Å². The fraction of sp³-hybridized carbons (Fsp3) is 0.381. The summed E-state index contributed by atoms with van der Waals surface area (Å²) in [5, 5.41) is 14.8. The molecule has 0 saturated carbocycles. The quantitative estimate of drug-likeness (QED) is 0.681. The van der Waals surface area contributed by atoms with Crippen molar-refractivity contribution in [3.05, 3.63) is 48.8 Å². The molecule has 0 aliphatic rings. The topological polar surface area (TPSA) is 100 Å². The van der Waals surface area contributed by atoms with Crippen LogP contribution in [0.2, 0.25) is 0 Å². The smallest absolute Gasteiger partial charge is 0.327 e. The Morgan fingerprint density at radius 3 is 2.25 bits per heavy atom. The summed E-state index contributed by atoms with van der Waals surface area (Å²) < 4.78 is 1.51. The number of carboxylic acid groups (broad SMARTS) is 1. The highest BCUT2D eigenvalue weighted by atomic mass is 16.4. The van der Waals surface area contributed by atoms with Crippen molar-refractivity contribution < 1.29 is 19.5 Å². The van der Waals surface area contributed by atoms with Gasteiger partial charge in [-0.3, -0.25) is 9.59 Å². The average molecular weight is 385 g/mol. The maximum Gasteiger partial charge on any atom is 0.327 e. The van der Waals surface area contributed by atoms with E-state index in [9.17, 15) is 19.5 Å². The number of carbonyl (C=O) groups excluding carboxylic acids is 2. The molecular formula is C21H27N3O4. The lowest BCUT2D eigenvalue weighted by atomic mass is 9.86. The molecule has 7 heteroatoms. The Morgan fingerprint density at radius 1 is 1.07 bits per heavy atom. The minimum atomic E-state index is -1.11. The maximum absolute atomic E-state index is 12.5. The zero-order valence-electron chi connectivity index (χ0n) is 16.6. The van der Waals surface area contributed by atoms with Crippen molar-refractivity contribution >= 4 is 17.8 Å². The molecule has 1 heterocycles. The Bertz CT molecular complexity index is 837. The number of likely N-dealkylation sites (N-methyl/N-ethyl adjacent to an activating group) is 1. The summed E-state index contributed by atoms with van der Waals surface area (Å²) in [6.07, 6.45) is 3.08. The largest absolute Gasteiger partial charge is 0.480 e. The fourth-order valence-electron chi connectivity index (χ4n) is 2.94. The second kappa shape index (κ2) is 8.73. The molecule has 2 aromatic rings. The molecule has 2 atom stereocenters. The molecule has 0 bridgehead atoms. The van der Waals surface area contributed by atoms with Gasteiger partial charge in [0.05, 0.1) is 6.42 Å². The number of rotatable bonds is 7. The number of amides is 2. The molecule has 0 radical (unpaired) electrons. The summed E-state index contributed by atoms with van der Waals surface area (Å²) in [7, 11) is 1.50. The lowest BCUT2D eigenvalue weighted by Gasteiger charge is -2.30. The minimum Gasteiger partial charge on any atom is -0.480 e. The zero-order valence-corrected chi connectivity index (χ0v) is 16.6. The van der Waals surface area contributed by atoms with Gasteiger partial charge >= 0.3 is 5.97 Å². The van der Waals surface area contributed by atoms with Crippen LogP contribution in [0.25, 0.3) is 11.1 Å². The van der Waals surface area contributed by atoms with Crippen LogP contribution in [0.4, 0.5) is 0 Å². The first kappa shape index (κ1) is 21.2. The van der Waals surface area contributed by atoms with Crippen molar-refractivity contribution in [1.82, 2.24) is 15.2 Å². The summed E-state index contributed by atoms with van der Waals surface area (Å²) in [5.41, 5.74) is 1.31. The van der Waals surface area contributed by atoms with E-state index >= 15 is 0 Å². The predicted octanol–water partition coefficient (Wildman–Crippen LogP) is 2.45. The standard InChI is InChI=1S/C21H27N3O4/c1-21(2,3)18(19(26)22-4)23-17(25)12-16(20(27)28)24-11-10-15(13-24)14-8-6-5-7-9-14/h5-11,13,16,18H,12H2,1-4H3,(H,22,26)(H,23,25)(H,27,28)/t16-,18-/m1/s1. The molecule has 2 amide bonds. The monoisotopic (exact) mass is 385 g/mol. The Hall–Kier alpha value is -3.09. The van der Waals surface area contributed by atoms with Crippen LogP contribution >= 0.6 is 0 Å². The number of carboxylic acids is 1. The molecule has 0 saturated heterocycles. The predicted molar refractivity (Wildman–Crippen MR) is 107 cm³/mol. The molecule has 1 aromatic heterocycles. The molecular weight excluding hydrogens is 358 g/mol. The van der Waals surface area contributed by atoms with E-state index in [1.165, 1.54) is 11.6 Å². The minimum absolute atomic E-state index is 0.276. The lowest BCUT2D eigenvalue weighted by Crippen LogP contribution is -2.53. The molecule has 0 aliphatic carbocycles. The van der Waals surface area contributed by atoms with Crippen molar-refractivity contribution in [2.24, 2.45) is 5.41 Å². The van der Waals surface area contributed by atoms with Gasteiger partial charge in [-0.15, -0.1) is 0 Å². The summed E-state index contributed by atoms with van der Waals surface area (Å²) in [4.78, 5) is 36.4. The third-order valence-electron chi connectivity index (χ3n) is 4.53. The number of nitrogens with one attached hydrogen (secondary N) is 2. The first-order valence-corrected chi connectivity index (χ1v) is 9.10. The van der Waals surface area contributed by atoms with E-state index in [1.54, 1.807) is 12.4 Å². The van der Waals surface area contributed by atoms with Crippen LogP contribution in [0.15, 0.2) is 48.8 Å². The zero-order chi connectivity index (χ0) is 20.9. The molecule has 0 spiro atoms. The van der Waals surface area contributed by atoms with Crippen molar-refractivity contribution in [1.29, 1.82) is 0 Å². The SMILES string of the molecule is CNC(=O)[C@@H](NC(=O)C[C@H](C(=O)O)n1ccc(-c2ccccc2)c1)C(C)(C)C. The fourth-order valence-corrected chi connectivity index (χ4v) is 2.94. The second-order valence-electron chi connectivity index (χ2n) is 7.75. The second-order valence-corrected chi connectivity index (χ2v) is 7.75. The van der Waals surface area contributed by atoms with Crippen molar-refractivity contribution in [2.45, 2.75) is 39.3 Å². The molecule has 2 rings (SSSR count). The number of carbonyl (C=O) groups is 3. The van der Waals surface area contributed by atoms with Gasteiger partial charge in [0, 0.05) is 19.4 Å². The molecule has 7 nitrogen and oxygen atoms in total. The molecule has 3 N–H and O–H groups in total. The first-order chi connectivity index (χ1) is 13.1. The highest BCUT2D eigenvalue weighted by Crippen LogP contribution is 2.24.